The largest absolute Gasteiger partial charge is 0.371 e. The first-order valence-corrected chi connectivity index (χ1v) is 14.9. The molecular formula is C25H32N8O3S. The number of carbonyl (C=O) groups is 1. The van der Waals surface area contributed by atoms with Gasteiger partial charge in [0.1, 0.15) is 11.2 Å². The third-order valence-corrected chi connectivity index (χ3v) is 8.46. The van der Waals surface area contributed by atoms with Crippen LogP contribution < -0.4 is 15.5 Å². The molecule has 6 rings (SSSR count). The smallest absolute Gasteiger partial charge is 0.231 e. The fraction of sp³-hybridized carbons (Fsp3) is 0.520. The number of amides is 1. The molecular weight excluding hydrogens is 492 g/mol. The van der Waals surface area contributed by atoms with Crippen molar-refractivity contribution in [2.75, 3.05) is 48.0 Å². The normalized spacial score (nSPS) is 18.9. The Morgan fingerprint density at radius 1 is 1.00 bits per heavy atom. The molecule has 0 unspecified atom stereocenters. The van der Waals surface area contributed by atoms with E-state index in [1.807, 2.05) is 17.0 Å². The molecule has 0 spiro atoms. The molecule has 2 aliphatic heterocycles. The molecule has 0 atom stereocenters. The maximum Gasteiger partial charge on any atom is 0.231 e. The molecule has 3 fully saturated rings. The maximum absolute atomic E-state index is 12.7. The fourth-order valence-electron chi connectivity index (χ4n) is 5.21. The first kappa shape index (κ1) is 24.0. The molecule has 1 amide bonds. The Morgan fingerprint density at radius 2 is 1.70 bits per heavy atom. The number of benzene rings is 1. The van der Waals surface area contributed by atoms with Crippen LogP contribution in [0.2, 0.25) is 0 Å². The minimum atomic E-state index is -3.51. The van der Waals surface area contributed by atoms with Crippen molar-refractivity contribution in [3.8, 4) is 0 Å². The van der Waals surface area contributed by atoms with Gasteiger partial charge in [-0.05, 0) is 62.8 Å². The number of sulfone groups is 1. The van der Waals surface area contributed by atoms with Crippen molar-refractivity contribution in [1.29, 1.82) is 0 Å². The zero-order chi connectivity index (χ0) is 25.6. The van der Waals surface area contributed by atoms with Gasteiger partial charge in [-0.15, -0.1) is 0 Å². The molecule has 0 bridgehead atoms. The van der Waals surface area contributed by atoms with Crippen molar-refractivity contribution in [2.45, 2.75) is 49.6 Å². The number of rotatable bonds is 7. The van der Waals surface area contributed by atoms with Gasteiger partial charge in [0.25, 0.3) is 0 Å². The summed E-state index contributed by atoms with van der Waals surface area (Å²) in [6.07, 6.45) is 7.22. The summed E-state index contributed by atoms with van der Waals surface area (Å²) in [6, 6.07) is 8.35. The van der Waals surface area contributed by atoms with E-state index in [0.717, 1.165) is 82.3 Å². The molecule has 4 heterocycles. The van der Waals surface area contributed by atoms with E-state index in [1.165, 1.54) is 0 Å². The SMILES string of the molecule is CS(=O)(=O)c1[nH]nc2nc(Nc3ccc(N4CCC(C(=O)N5CCCC5)CC4)cc3)nc(NC3CC3)c12. The Hall–Kier alpha value is -3.41. The number of fused-ring (bicyclic) bond motifs is 1. The van der Waals surface area contributed by atoms with Crippen molar-refractivity contribution in [3.63, 3.8) is 0 Å². The lowest BCUT2D eigenvalue weighted by molar-refractivity contribution is -0.135. The molecule has 2 saturated heterocycles. The monoisotopic (exact) mass is 524 g/mol. The third-order valence-electron chi connectivity index (χ3n) is 7.42. The van der Waals surface area contributed by atoms with Gasteiger partial charge in [-0.25, -0.2) is 8.42 Å². The van der Waals surface area contributed by atoms with Crippen molar-refractivity contribution >= 4 is 49.9 Å². The molecule has 2 aromatic heterocycles. The number of piperidine rings is 1. The van der Waals surface area contributed by atoms with E-state index in [0.29, 0.717) is 28.7 Å². The van der Waals surface area contributed by atoms with Gasteiger partial charge in [0.05, 0.1) is 0 Å². The second kappa shape index (κ2) is 9.47. The number of H-pyrrole nitrogens is 1. The molecule has 1 aliphatic carbocycles. The number of hydrogen-bond acceptors (Lipinski definition) is 9. The summed E-state index contributed by atoms with van der Waals surface area (Å²) in [4.78, 5) is 26.1. The quantitative estimate of drug-likeness (QED) is 0.426. The highest BCUT2D eigenvalue weighted by Gasteiger charge is 2.30. The van der Waals surface area contributed by atoms with Crippen LogP contribution in [0.1, 0.15) is 38.5 Å². The minimum absolute atomic E-state index is 0.0208. The summed E-state index contributed by atoms with van der Waals surface area (Å²) in [7, 11) is -3.51. The lowest BCUT2D eigenvalue weighted by Gasteiger charge is -2.34. The average Bonchev–Trinajstić information content (AvgIpc) is 3.34. The van der Waals surface area contributed by atoms with E-state index >= 15 is 0 Å². The van der Waals surface area contributed by atoms with Crippen molar-refractivity contribution in [3.05, 3.63) is 24.3 Å². The Balaban J connectivity index is 1.14. The van der Waals surface area contributed by atoms with Crippen molar-refractivity contribution in [1.82, 2.24) is 25.1 Å². The standard InChI is InChI=1S/C25H32N8O3S/c1-37(35,36)23-20-21(26-17-4-5-17)28-25(29-22(20)30-31-23)27-18-6-8-19(9-7-18)32-14-10-16(11-15-32)24(34)33-12-2-3-13-33/h6-9,16-17H,2-5,10-15H2,1H3,(H3,26,27,28,29,30,31). The van der Waals surface area contributed by atoms with Gasteiger partial charge in [0.15, 0.2) is 20.5 Å². The molecule has 3 aliphatic rings. The molecule has 37 heavy (non-hydrogen) atoms. The van der Waals surface area contributed by atoms with Crippen molar-refractivity contribution < 1.29 is 13.2 Å². The van der Waals surface area contributed by atoms with Crippen LogP contribution >= 0.6 is 0 Å². The molecule has 1 saturated carbocycles. The summed E-state index contributed by atoms with van der Waals surface area (Å²) in [5.74, 6) is 1.29. The highest BCUT2D eigenvalue weighted by atomic mass is 32.2. The molecule has 1 aromatic carbocycles. The first-order chi connectivity index (χ1) is 17.8. The highest BCUT2D eigenvalue weighted by molar-refractivity contribution is 7.90. The Labute approximate surface area is 216 Å². The van der Waals surface area contributed by atoms with Gasteiger partial charge in [0, 0.05) is 55.8 Å². The molecule has 11 nitrogen and oxygen atoms in total. The van der Waals surface area contributed by atoms with Crippen LogP contribution in [0.3, 0.4) is 0 Å². The topological polar surface area (TPSA) is 136 Å². The van der Waals surface area contributed by atoms with Crippen LogP contribution in [0.25, 0.3) is 11.0 Å². The first-order valence-electron chi connectivity index (χ1n) is 13.0. The van der Waals surface area contributed by atoms with Gasteiger partial charge in [-0.3, -0.25) is 9.89 Å². The molecule has 3 N–H and O–H groups in total. The van der Waals surface area contributed by atoms with E-state index in [-0.39, 0.29) is 17.0 Å². The van der Waals surface area contributed by atoms with Crippen LogP contribution in [-0.4, -0.2) is 77.9 Å². The molecule has 3 aromatic rings. The van der Waals surface area contributed by atoms with Gasteiger partial charge < -0.3 is 20.4 Å². The van der Waals surface area contributed by atoms with E-state index in [2.05, 4.69) is 47.8 Å². The summed E-state index contributed by atoms with van der Waals surface area (Å²) < 4.78 is 24.4. The van der Waals surface area contributed by atoms with E-state index in [9.17, 15) is 13.2 Å². The predicted octanol–water partition coefficient (Wildman–Crippen LogP) is 2.91. The zero-order valence-corrected chi connectivity index (χ0v) is 21.7. The molecule has 196 valence electrons. The highest BCUT2D eigenvalue weighted by Crippen LogP contribution is 2.32. The van der Waals surface area contributed by atoms with Crippen LogP contribution in [0.4, 0.5) is 23.1 Å². The number of carbonyl (C=O) groups excluding carboxylic acids is 1. The van der Waals surface area contributed by atoms with E-state index < -0.39 is 9.84 Å². The summed E-state index contributed by atoms with van der Waals surface area (Å²) in [5.41, 5.74) is 2.23. The number of anilines is 4. The lowest BCUT2D eigenvalue weighted by Crippen LogP contribution is -2.41. The average molecular weight is 525 g/mol. The number of hydrogen-bond donors (Lipinski definition) is 3. The van der Waals surface area contributed by atoms with E-state index in [4.69, 9.17) is 0 Å². The van der Waals surface area contributed by atoms with Crippen molar-refractivity contribution in [2.24, 2.45) is 5.92 Å². The Morgan fingerprint density at radius 3 is 2.35 bits per heavy atom. The number of likely N-dealkylation sites (tertiary alicyclic amines) is 1. The number of aromatic amines is 1. The summed E-state index contributed by atoms with van der Waals surface area (Å²) in [6.45, 7) is 3.58. The van der Waals surface area contributed by atoms with Crippen LogP contribution in [0, 0.1) is 5.92 Å². The number of aromatic nitrogens is 4. The zero-order valence-electron chi connectivity index (χ0n) is 20.9. The maximum atomic E-state index is 12.7. The predicted molar refractivity (Wildman–Crippen MR) is 142 cm³/mol. The summed E-state index contributed by atoms with van der Waals surface area (Å²) >= 11 is 0. The second-order valence-electron chi connectivity index (χ2n) is 10.3. The number of nitrogens with zero attached hydrogens (tertiary/aromatic N) is 5. The van der Waals surface area contributed by atoms with Gasteiger partial charge in [-0.2, -0.15) is 15.1 Å². The van der Waals surface area contributed by atoms with Crippen LogP contribution in [0.5, 0.6) is 0 Å². The minimum Gasteiger partial charge on any atom is -0.371 e. The second-order valence-corrected chi connectivity index (χ2v) is 12.3. The Bertz CT molecular complexity index is 1400. The fourth-order valence-corrected chi connectivity index (χ4v) is 5.98. The van der Waals surface area contributed by atoms with Gasteiger partial charge >= 0.3 is 0 Å². The molecule has 12 heteroatoms. The lowest BCUT2D eigenvalue weighted by atomic mass is 9.95. The summed E-state index contributed by atoms with van der Waals surface area (Å²) in [5, 5.41) is 13.7. The van der Waals surface area contributed by atoms with Crippen LogP contribution in [-0.2, 0) is 14.6 Å². The number of nitrogens with one attached hydrogen (secondary N) is 3. The van der Waals surface area contributed by atoms with Gasteiger partial charge in [0.2, 0.25) is 11.9 Å². The Kier molecular flexibility index (Phi) is 6.13. The van der Waals surface area contributed by atoms with Crippen LogP contribution in [0.15, 0.2) is 29.3 Å². The van der Waals surface area contributed by atoms with E-state index in [1.54, 1.807) is 0 Å². The van der Waals surface area contributed by atoms with Gasteiger partial charge in [-0.1, -0.05) is 0 Å². The molecule has 0 radical (unpaired) electrons. The third kappa shape index (κ3) is 5.07.